The number of hydrogen-bond acceptors (Lipinski definition) is 12. The molecule has 6 aromatic rings. The first-order valence-corrected chi connectivity index (χ1v) is 24.6. The van der Waals surface area contributed by atoms with Crippen molar-refractivity contribution in [2.45, 2.75) is 62.3 Å². The zero-order valence-corrected chi connectivity index (χ0v) is 38.0. The topological polar surface area (TPSA) is 181 Å². The first-order valence-electron chi connectivity index (χ1n) is 22.8. The van der Waals surface area contributed by atoms with E-state index in [0.29, 0.717) is 60.9 Å². The minimum Gasteiger partial charge on any atom is -0.474 e. The van der Waals surface area contributed by atoms with Gasteiger partial charge in [-0.15, -0.1) is 0 Å². The molecule has 342 valence electrons. The third-order valence-corrected chi connectivity index (χ3v) is 16.0. The second kappa shape index (κ2) is 17.0. The highest BCUT2D eigenvalue weighted by atomic mass is 35.5. The van der Waals surface area contributed by atoms with Gasteiger partial charge in [0.15, 0.2) is 0 Å². The molecule has 6 heterocycles. The summed E-state index contributed by atoms with van der Waals surface area (Å²) in [5.41, 5.74) is 7.20. The lowest BCUT2D eigenvalue weighted by Crippen LogP contribution is -2.47. The highest BCUT2D eigenvalue weighted by molar-refractivity contribution is 7.90. The largest absolute Gasteiger partial charge is 0.474 e. The number of ether oxygens (including phenoxy) is 2. The molecule has 0 radical (unpaired) electrons. The van der Waals surface area contributed by atoms with Crippen LogP contribution in [0.15, 0.2) is 89.6 Å². The minimum atomic E-state index is -4.64. The van der Waals surface area contributed by atoms with Gasteiger partial charge in [0.2, 0.25) is 5.88 Å². The van der Waals surface area contributed by atoms with Gasteiger partial charge < -0.3 is 24.3 Å². The summed E-state index contributed by atoms with van der Waals surface area (Å²) < 4.78 is 43.6. The molecule has 2 saturated heterocycles. The number of carbonyl (C=O) groups is 1. The maximum absolute atomic E-state index is 14.4. The number of amides is 1. The molecular weight excluding hydrogens is 882 g/mol. The maximum Gasteiger partial charge on any atom is 0.281 e. The number of nitro groups is 1. The molecule has 1 amide bonds. The zero-order valence-electron chi connectivity index (χ0n) is 36.4. The quantitative estimate of drug-likeness (QED) is 0.0991. The second-order valence-electron chi connectivity index (χ2n) is 18.3. The summed E-state index contributed by atoms with van der Waals surface area (Å²) in [4.78, 5) is 40.3. The molecule has 1 spiro atoms. The van der Waals surface area contributed by atoms with Crippen LogP contribution in [0.4, 0.5) is 22.7 Å². The van der Waals surface area contributed by atoms with Crippen molar-refractivity contribution in [3.8, 4) is 5.88 Å². The van der Waals surface area contributed by atoms with E-state index in [-0.39, 0.29) is 29.1 Å². The number of nitrogens with one attached hydrogen (secondary N) is 2. The lowest BCUT2D eigenvalue weighted by molar-refractivity contribution is -0.383. The summed E-state index contributed by atoms with van der Waals surface area (Å²) in [6, 6.07) is 19.8. The number of aromatic amines is 1. The Hall–Kier alpha value is -6.01. The third-order valence-electron chi connectivity index (χ3n) is 14.4. The number of carbonyl (C=O) groups excluding carboxylic acids is 1. The molecule has 1 saturated carbocycles. The number of H-pyrrole nitrogens is 1. The molecule has 3 aromatic carbocycles. The van der Waals surface area contributed by atoms with Gasteiger partial charge in [-0.25, -0.2) is 13.1 Å². The van der Waals surface area contributed by atoms with Crippen molar-refractivity contribution in [3.63, 3.8) is 0 Å². The molecule has 18 heteroatoms. The van der Waals surface area contributed by atoms with Gasteiger partial charge in [0.1, 0.15) is 23.5 Å². The van der Waals surface area contributed by atoms with Crippen LogP contribution in [0, 0.1) is 15.5 Å². The highest BCUT2D eigenvalue weighted by Crippen LogP contribution is 2.55. The maximum atomic E-state index is 14.4. The van der Waals surface area contributed by atoms with E-state index < -0.39 is 31.4 Å². The van der Waals surface area contributed by atoms with E-state index in [4.69, 9.17) is 26.1 Å². The van der Waals surface area contributed by atoms with E-state index in [0.717, 1.165) is 67.7 Å². The van der Waals surface area contributed by atoms with Crippen molar-refractivity contribution in [3.05, 3.63) is 111 Å². The van der Waals surface area contributed by atoms with Gasteiger partial charge in [0.05, 0.1) is 39.0 Å². The van der Waals surface area contributed by atoms with Crippen LogP contribution in [-0.4, -0.2) is 103 Å². The summed E-state index contributed by atoms with van der Waals surface area (Å²) in [6.45, 7) is 5.81. The SMILES string of the molecule is O=C(NS(=O)(=O)c1cc([N+](=O)[O-])c2cn(C3CCOCC3)nc2c1)c1ccc(N2CCN(CC3=C(c4ccc(Cl)cc4)CC4(CCC4)CC3)CC2)cc1N1CCOc2nc3[nH]ccc3cc21. The van der Waals surface area contributed by atoms with Crippen LogP contribution in [0.3, 0.4) is 0 Å². The number of non-ortho nitro benzene ring substituents is 1. The molecule has 2 N–H and O–H groups in total. The lowest BCUT2D eigenvalue weighted by Gasteiger charge is -2.47. The number of pyridine rings is 1. The zero-order chi connectivity index (χ0) is 45.2. The lowest BCUT2D eigenvalue weighted by atomic mass is 9.59. The highest BCUT2D eigenvalue weighted by Gasteiger charge is 2.41. The number of anilines is 3. The predicted octanol–water partition coefficient (Wildman–Crippen LogP) is 8.40. The Morgan fingerprint density at radius 1 is 0.955 bits per heavy atom. The molecule has 66 heavy (non-hydrogen) atoms. The van der Waals surface area contributed by atoms with Crippen LogP contribution in [0.2, 0.25) is 5.02 Å². The van der Waals surface area contributed by atoms with Crippen molar-refractivity contribution in [1.82, 2.24) is 29.4 Å². The summed E-state index contributed by atoms with van der Waals surface area (Å²) in [5.74, 6) is -0.505. The Balaban J connectivity index is 0.883. The smallest absolute Gasteiger partial charge is 0.281 e. The van der Waals surface area contributed by atoms with E-state index >= 15 is 0 Å². The van der Waals surface area contributed by atoms with Crippen molar-refractivity contribution in [2.75, 3.05) is 68.9 Å². The van der Waals surface area contributed by atoms with E-state index in [1.807, 2.05) is 41.3 Å². The number of fused-ring (bicyclic) bond motifs is 3. The Labute approximate surface area is 386 Å². The standard InChI is InChI=1S/C48H50ClN9O7S/c49-34-4-2-31(3-5-34)39-28-48(12-1-13-48)14-8-33(39)29-54-16-18-55(19-17-54)36-6-7-38(42(25-36)56-20-23-65-47-44(56)24-32-9-15-50-45(32)51-47)46(59)53-66(62,63)37-26-41-40(43(27-37)58(60)61)30-57(52-41)35-10-21-64-22-11-35/h2-7,9,15,24-27,30,35H,1,8,10-14,16-23,28-29H2,(H,50,51)(H,53,59). The van der Waals surface area contributed by atoms with Crippen LogP contribution < -0.4 is 19.3 Å². The predicted molar refractivity (Wildman–Crippen MR) is 252 cm³/mol. The molecular formula is C48H50ClN9O7S. The number of sulfonamides is 1. The van der Waals surface area contributed by atoms with Gasteiger partial charge in [-0.05, 0) is 110 Å². The molecule has 3 fully saturated rings. The van der Waals surface area contributed by atoms with Crippen LogP contribution in [0.5, 0.6) is 5.88 Å². The summed E-state index contributed by atoms with van der Waals surface area (Å²) >= 11 is 6.31. The Bertz CT molecular complexity index is 3020. The number of benzene rings is 3. The number of nitrogens with zero attached hydrogens (tertiary/aromatic N) is 7. The van der Waals surface area contributed by atoms with Crippen LogP contribution in [-0.2, 0) is 14.8 Å². The van der Waals surface area contributed by atoms with Gasteiger partial charge in [0, 0.05) is 80.5 Å². The summed E-state index contributed by atoms with van der Waals surface area (Å²) in [5, 5.41) is 18.7. The Morgan fingerprint density at radius 2 is 1.76 bits per heavy atom. The van der Waals surface area contributed by atoms with E-state index in [1.54, 1.807) is 23.1 Å². The number of rotatable bonds is 10. The van der Waals surface area contributed by atoms with Crippen LogP contribution in [0.25, 0.3) is 27.5 Å². The van der Waals surface area contributed by atoms with Gasteiger partial charge in [-0.2, -0.15) is 10.1 Å². The van der Waals surface area contributed by atoms with E-state index in [1.165, 1.54) is 48.5 Å². The minimum absolute atomic E-state index is 0.0441. The molecule has 16 nitrogen and oxygen atoms in total. The van der Waals surface area contributed by atoms with Gasteiger partial charge in [-0.1, -0.05) is 35.7 Å². The van der Waals surface area contributed by atoms with Crippen LogP contribution in [0.1, 0.15) is 73.3 Å². The molecule has 0 unspecified atom stereocenters. The molecule has 0 bridgehead atoms. The number of nitro benzene ring substituents is 1. The number of piperazine rings is 1. The molecule has 3 aliphatic heterocycles. The molecule has 0 atom stereocenters. The first-order chi connectivity index (χ1) is 32.0. The van der Waals surface area contributed by atoms with Crippen molar-refractivity contribution in [1.29, 1.82) is 0 Å². The normalized spacial score (nSPS) is 19.2. The molecule has 3 aromatic heterocycles. The van der Waals surface area contributed by atoms with Gasteiger partial charge in [-0.3, -0.25) is 24.5 Å². The fourth-order valence-electron chi connectivity index (χ4n) is 10.6. The summed E-state index contributed by atoms with van der Waals surface area (Å²) in [7, 11) is -4.64. The molecule has 5 aliphatic rings. The fraction of sp³-hybridized carbons (Fsp3) is 0.396. The monoisotopic (exact) mass is 931 g/mol. The fourth-order valence-corrected chi connectivity index (χ4v) is 11.7. The number of aromatic nitrogens is 4. The van der Waals surface area contributed by atoms with Gasteiger partial charge in [0.25, 0.3) is 21.6 Å². The average Bonchev–Trinajstić information content (AvgIpc) is 3.98. The number of halogens is 1. The van der Waals surface area contributed by atoms with E-state index in [2.05, 4.69) is 36.7 Å². The van der Waals surface area contributed by atoms with Crippen molar-refractivity contribution < 1.29 is 27.6 Å². The first kappa shape index (κ1) is 42.6. The van der Waals surface area contributed by atoms with Crippen molar-refractivity contribution in [2.24, 2.45) is 5.41 Å². The summed E-state index contributed by atoms with van der Waals surface area (Å²) in [6.07, 6.45) is 12.1. The average molecular weight is 933 g/mol. The Morgan fingerprint density at radius 3 is 2.52 bits per heavy atom. The Kier molecular flexibility index (Phi) is 11.0. The van der Waals surface area contributed by atoms with Crippen LogP contribution >= 0.6 is 11.6 Å². The van der Waals surface area contributed by atoms with Crippen molar-refractivity contribution >= 4 is 77.8 Å². The molecule has 2 aliphatic carbocycles. The van der Waals surface area contributed by atoms with E-state index in [9.17, 15) is 23.3 Å². The number of hydrogen-bond donors (Lipinski definition) is 2. The second-order valence-corrected chi connectivity index (χ2v) is 20.5. The molecule has 11 rings (SSSR count). The number of allylic oxidation sites excluding steroid dienone is 1. The third kappa shape index (κ3) is 8.05. The van der Waals surface area contributed by atoms with Gasteiger partial charge >= 0.3 is 0 Å².